The molecule has 0 aromatic rings. The fourth-order valence-electron chi connectivity index (χ4n) is 0. The molecule has 0 heterocycles. The Labute approximate surface area is 44.1 Å². The monoisotopic (exact) mass is 161 g/mol. The van der Waals surface area contributed by atoms with Crippen LogP contribution in [-0.2, 0) is 21.1 Å². The Morgan fingerprint density at radius 3 is 1.00 bits per heavy atom. The minimum atomic E-state index is 0. The molecule has 0 aliphatic rings. The summed E-state index contributed by atoms with van der Waals surface area (Å²) in [5, 5.41) is 0. The van der Waals surface area contributed by atoms with E-state index in [9.17, 15) is 0 Å². The molecule has 2 nitrogen and oxygen atoms in total. The zero-order valence-corrected chi connectivity index (χ0v) is 5.12. The van der Waals surface area contributed by atoms with Gasteiger partial charge in [0.2, 0.25) is 0 Å². The van der Waals surface area contributed by atoms with Crippen LogP contribution in [0.15, 0.2) is 0 Å². The number of hydrogen-bond acceptors (Lipinski definition) is 1. The summed E-state index contributed by atoms with van der Waals surface area (Å²) in [5.41, 5.74) is 0. The summed E-state index contributed by atoms with van der Waals surface area (Å²) >= 11 is 0. The van der Waals surface area contributed by atoms with Crippen LogP contribution in [0.25, 0.3) is 0 Å². The van der Waals surface area contributed by atoms with E-state index < -0.39 is 0 Å². The second-order valence-electron chi connectivity index (χ2n) is 0. The fraction of sp³-hybridized carbons (Fsp3) is 0. The standard InChI is InChI=1S/Mo.H3N.H2O.Si/h;1H3;1H2;. The maximum Gasteiger partial charge on any atom is 0 e. The van der Waals surface area contributed by atoms with E-state index >= 15 is 0 Å². The van der Waals surface area contributed by atoms with E-state index in [0.717, 1.165) is 0 Å². The van der Waals surface area contributed by atoms with Gasteiger partial charge in [-0.1, -0.05) is 0 Å². The van der Waals surface area contributed by atoms with Gasteiger partial charge in [0.25, 0.3) is 0 Å². The van der Waals surface area contributed by atoms with Crippen molar-refractivity contribution in [3.05, 3.63) is 0 Å². The Morgan fingerprint density at radius 2 is 1.00 bits per heavy atom. The van der Waals surface area contributed by atoms with Crippen molar-refractivity contribution in [2.24, 2.45) is 0 Å². The third-order valence-electron chi connectivity index (χ3n) is 0. The molecule has 0 aromatic carbocycles. The first-order chi connectivity index (χ1) is 0. The van der Waals surface area contributed by atoms with Crippen molar-refractivity contribution in [3.8, 4) is 0 Å². The molecular formula is H5MoNOSi. The summed E-state index contributed by atoms with van der Waals surface area (Å²) in [6.45, 7) is 0. The molecule has 0 spiro atoms. The van der Waals surface area contributed by atoms with Gasteiger partial charge >= 0.3 is 0 Å². The van der Waals surface area contributed by atoms with E-state index in [1.54, 1.807) is 0 Å². The predicted molar refractivity (Wildman–Crippen MR) is 14.4 cm³/mol. The molecule has 0 fully saturated rings. The van der Waals surface area contributed by atoms with E-state index in [0.29, 0.717) is 0 Å². The third kappa shape index (κ3) is 13.8. The van der Waals surface area contributed by atoms with Gasteiger partial charge in [-0.25, -0.2) is 0 Å². The summed E-state index contributed by atoms with van der Waals surface area (Å²) < 4.78 is 0. The number of hydrogen-bond donors (Lipinski definition) is 1. The topological polar surface area (TPSA) is 66.5 Å². The average molecular weight is 159 g/mol. The van der Waals surface area contributed by atoms with Crippen molar-refractivity contribution in [3.63, 3.8) is 0 Å². The van der Waals surface area contributed by atoms with Crippen LogP contribution in [0.1, 0.15) is 0 Å². The van der Waals surface area contributed by atoms with Crippen molar-refractivity contribution >= 4 is 11.0 Å². The molecule has 26 valence electrons. The van der Waals surface area contributed by atoms with E-state index in [1.165, 1.54) is 0 Å². The van der Waals surface area contributed by atoms with Gasteiger partial charge < -0.3 is 11.6 Å². The molecule has 0 saturated carbocycles. The first-order valence-corrected chi connectivity index (χ1v) is 0. The van der Waals surface area contributed by atoms with Crippen LogP contribution in [-0.4, -0.2) is 16.4 Å². The van der Waals surface area contributed by atoms with Crippen LogP contribution in [0.2, 0.25) is 0 Å². The second-order valence-corrected chi connectivity index (χ2v) is 0. The Balaban J connectivity index is 0. The maximum atomic E-state index is 0. The molecule has 0 unspecified atom stereocenters. The van der Waals surface area contributed by atoms with Gasteiger partial charge in [-0.3, -0.25) is 0 Å². The summed E-state index contributed by atoms with van der Waals surface area (Å²) in [4.78, 5) is 0. The molecule has 4 heavy (non-hydrogen) atoms. The first kappa shape index (κ1) is 104. The summed E-state index contributed by atoms with van der Waals surface area (Å²) in [5.74, 6) is 0. The molecule has 0 aliphatic carbocycles. The van der Waals surface area contributed by atoms with Crippen LogP contribution in [0.3, 0.4) is 0 Å². The van der Waals surface area contributed by atoms with E-state index in [1.807, 2.05) is 0 Å². The SMILES string of the molecule is N.O.[Mo].[Si]. The molecular weight excluding hydrogens is 154 g/mol. The van der Waals surface area contributed by atoms with E-state index in [2.05, 4.69) is 0 Å². The average Bonchev–Trinajstić information content (AvgIpc) is 0. The molecule has 0 aliphatic heterocycles. The molecule has 4 heteroatoms. The zero-order valence-electron chi connectivity index (χ0n) is 2.12. The summed E-state index contributed by atoms with van der Waals surface area (Å²) in [6.07, 6.45) is 0. The molecule has 5 N–H and O–H groups in total. The van der Waals surface area contributed by atoms with Gasteiger partial charge in [0.1, 0.15) is 0 Å². The van der Waals surface area contributed by atoms with Gasteiger partial charge in [-0.15, -0.1) is 0 Å². The Bertz CT molecular complexity index is 8.00. The molecule has 0 atom stereocenters. The van der Waals surface area contributed by atoms with Gasteiger partial charge in [-0.2, -0.15) is 0 Å². The van der Waals surface area contributed by atoms with Gasteiger partial charge in [0, 0.05) is 32.0 Å². The van der Waals surface area contributed by atoms with E-state index in [4.69, 9.17) is 0 Å². The van der Waals surface area contributed by atoms with Crippen LogP contribution >= 0.6 is 0 Å². The molecule has 0 bridgehead atoms. The molecule has 0 aromatic heterocycles. The second kappa shape index (κ2) is 44.8. The van der Waals surface area contributed by atoms with Crippen molar-refractivity contribution in [1.82, 2.24) is 6.15 Å². The normalized spacial score (nSPS) is 0. The third-order valence-corrected chi connectivity index (χ3v) is 0. The molecule has 4 radical (unpaired) electrons. The molecule has 0 rings (SSSR count). The van der Waals surface area contributed by atoms with Crippen LogP contribution in [0, 0.1) is 0 Å². The van der Waals surface area contributed by atoms with Crippen molar-refractivity contribution in [1.29, 1.82) is 0 Å². The zero-order chi connectivity index (χ0) is 0. The van der Waals surface area contributed by atoms with Crippen molar-refractivity contribution < 1.29 is 26.5 Å². The Morgan fingerprint density at radius 1 is 1.00 bits per heavy atom. The largest absolute Gasteiger partial charge is 0.412 e. The minimum absolute atomic E-state index is 0. The van der Waals surface area contributed by atoms with Crippen LogP contribution in [0.5, 0.6) is 0 Å². The molecule has 0 saturated heterocycles. The fourth-order valence-corrected chi connectivity index (χ4v) is 0. The van der Waals surface area contributed by atoms with Crippen LogP contribution in [0.4, 0.5) is 0 Å². The Kier molecular flexibility index (Phi) is 1160. The first-order valence-electron chi connectivity index (χ1n) is 0. The van der Waals surface area contributed by atoms with E-state index in [-0.39, 0.29) is 43.7 Å². The van der Waals surface area contributed by atoms with Crippen molar-refractivity contribution in [2.45, 2.75) is 0 Å². The summed E-state index contributed by atoms with van der Waals surface area (Å²) in [6, 6.07) is 0. The van der Waals surface area contributed by atoms with Gasteiger partial charge in [0.05, 0.1) is 0 Å². The summed E-state index contributed by atoms with van der Waals surface area (Å²) in [7, 11) is 0. The van der Waals surface area contributed by atoms with Gasteiger partial charge in [-0.05, 0) is 0 Å². The van der Waals surface area contributed by atoms with Crippen molar-refractivity contribution in [2.75, 3.05) is 0 Å². The van der Waals surface area contributed by atoms with Crippen LogP contribution < -0.4 is 6.15 Å². The maximum absolute atomic E-state index is 0. The number of rotatable bonds is 0. The minimum Gasteiger partial charge on any atom is -0.412 e. The molecule has 0 amide bonds. The Hall–Kier alpha value is 0.825. The van der Waals surface area contributed by atoms with Gasteiger partial charge in [0.15, 0.2) is 0 Å². The predicted octanol–water partition coefficient (Wildman–Crippen LogP) is -1.05. The quantitative estimate of drug-likeness (QED) is 0.450. The smallest absolute Gasteiger partial charge is 0 e.